The second-order valence-corrected chi connectivity index (χ2v) is 20.3. The molecule has 2 aromatic heterocycles. The van der Waals surface area contributed by atoms with Crippen LogP contribution in [0, 0.1) is 0 Å². The van der Waals surface area contributed by atoms with Crippen molar-refractivity contribution in [3.63, 3.8) is 0 Å². The van der Waals surface area contributed by atoms with Crippen molar-refractivity contribution in [3.05, 3.63) is 186 Å². The van der Waals surface area contributed by atoms with Crippen molar-refractivity contribution in [3.8, 4) is 0 Å². The van der Waals surface area contributed by atoms with E-state index >= 15 is 0 Å². The molecule has 384 valence electrons. The molecule has 13 heteroatoms. The van der Waals surface area contributed by atoms with Crippen LogP contribution in [0.4, 0.5) is 11.4 Å². The Kier molecular flexibility index (Phi) is 21.8. The molecular formula is C60H71ClN6O4S2. The summed E-state index contributed by atoms with van der Waals surface area (Å²) in [7, 11) is 0. The van der Waals surface area contributed by atoms with Gasteiger partial charge in [0.1, 0.15) is 0 Å². The van der Waals surface area contributed by atoms with Gasteiger partial charge >= 0.3 is 0 Å². The fraction of sp³-hybridized carbons (Fsp3) is 0.333. The monoisotopic (exact) mass is 1040 g/mol. The fourth-order valence-electron chi connectivity index (χ4n) is 9.49. The number of carbonyl (C=O) groups excluding carboxylic acids is 4. The van der Waals surface area contributed by atoms with Gasteiger partial charge in [0.25, 0.3) is 11.8 Å². The summed E-state index contributed by atoms with van der Waals surface area (Å²) >= 11 is 8.15. The molecule has 2 saturated heterocycles. The Morgan fingerprint density at radius 3 is 1.29 bits per heavy atom. The smallest absolute Gasteiger partial charge is 0.253 e. The normalized spacial score (nSPS) is 13.7. The first-order valence-electron chi connectivity index (χ1n) is 25.4. The van der Waals surface area contributed by atoms with Crippen LogP contribution in [0.1, 0.15) is 121 Å². The van der Waals surface area contributed by atoms with Crippen molar-refractivity contribution >= 4 is 79.8 Å². The Hall–Kier alpha value is -6.15. The van der Waals surface area contributed by atoms with Gasteiger partial charge in [-0.1, -0.05) is 59.7 Å². The minimum atomic E-state index is -0.361. The molecule has 2 aliphatic rings. The van der Waals surface area contributed by atoms with Crippen molar-refractivity contribution in [2.45, 2.75) is 80.3 Å². The number of rotatable bonds is 15. The highest BCUT2D eigenvalue weighted by atomic mass is 35.5. The van der Waals surface area contributed by atoms with Crippen LogP contribution in [0.5, 0.6) is 0 Å². The Morgan fingerprint density at radius 1 is 0.548 bits per heavy atom. The van der Waals surface area contributed by atoms with E-state index in [0.717, 1.165) is 117 Å². The molecule has 0 atom stereocenters. The predicted octanol–water partition coefficient (Wildman–Crippen LogP) is 13.0. The third-order valence-electron chi connectivity index (χ3n) is 13.2. The molecule has 4 aromatic carbocycles. The summed E-state index contributed by atoms with van der Waals surface area (Å²) < 4.78 is 0. The van der Waals surface area contributed by atoms with Crippen LogP contribution in [0.3, 0.4) is 0 Å². The summed E-state index contributed by atoms with van der Waals surface area (Å²) in [4.78, 5) is 55.2. The first-order chi connectivity index (χ1) is 35.3. The average molecular weight is 1040 g/mol. The molecule has 10 nitrogen and oxygen atoms in total. The van der Waals surface area contributed by atoms with Gasteiger partial charge in [-0.2, -0.15) is 22.7 Å². The Balaban J connectivity index is 0.000000223. The molecule has 73 heavy (non-hydrogen) atoms. The van der Waals surface area contributed by atoms with Gasteiger partial charge < -0.3 is 20.9 Å². The van der Waals surface area contributed by atoms with Gasteiger partial charge in [-0.25, -0.2) is 0 Å². The van der Waals surface area contributed by atoms with Gasteiger partial charge in [0.05, 0.1) is 0 Å². The highest BCUT2D eigenvalue weighted by Gasteiger charge is 2.23. The molecule has 2 fully saturated rings. The highest BCUT2D eigenvalue weighted by molar-refractivity contribution is 7.08. The molecule has 0 bridgehead atoms. The third kappa shape index (κ3) is 16.4. The van der Waals surface area contributed by atoms with Crippen LogP contribution >= 0.6 is 34.3 Å². The second kappa shape index (κ2) is 28.3. The van der Waals surface area contributed by atoms with Crippen LogP contribution in [0.15, 0.2) is 142 Å². The Morgan fingerprint density at radius 2 is 0.932 bits per heavy atom. The molecule has 0 spiro atoms. The molecule has 2 aliphatic heterocycles. The van der Waals surface area contributed by atoms with E-state index in [0.29, 0.717) is 18.7 Å². The summed E-state index contributed by atoms with van der Waals surface area (Å²) in [6, 6.07) is 36.8. The minimum Gasteiger partial charge on any atom is -0.399 e. The van der Waals surface area contributed by atoms with Crippen LogP contribution in [0.25, 0.3) is 11.1 Å². The van der Waals surface area contributed by atoms with E-state index in [9.17, 15) is 19.2 Å². The number of nitrogens with one attached hydrogen (secondary N) is 1. The summed E-state index contributed by atoms with van der Waals surface area (Å²) in [6.45, 7) is 19.8. The van der Waals surface area contributed by atoms with E-state index in [1.807, 2.05) is 86.0 Å². The number of nitrogen functional groups attached to an aromatic ring is 1. The lowest BCUT2D eigenvalue weighted by Crippen LogP contribution is -2.30. The van der Waals surface area contributed by atoms with Crippen molar-refractivity contribution in [2.24, 2.45) is 0 Å². The van der Waals surface area contributed by atoms with Gasteiger partial charge in [0.2, 0.25) is 11.1 Å². The number of hydrogen-bond donors (Lipinski definition) is 2. The Labute approximate surface area is 446 Å². The average Bonchev–Trinajstić information content (AvgIpc) is 4.12. The molecule has 6 aromatic rings. The number of amides is 3. The SMILES string of the molecule is CC(=O)Cl.CCN(CC)C(=O)c1ccc(C(=C2CCN(Cc3ccsc3)CC2)c2cccc(N)c2)cc1.CCN(CC)C(=O)c1ccc(C(=C2CCN(Cc3ccsc3)CC2)c2cccc(NC(C)=O)c2)cc1. The largest absolute Gasteiger partial charge is 0.399 e. The van der Waals surface area contributed by atoms with E-state index in [2.05, 4.69) is 109 Å². The number of carbonyl (C=O) groups is 4. The number of piperidine rings is 2. The van der Waals surface area contributed by atoms with Crippen LogP contribution in [-0.4, -0.2) is 94.9 Å². The molecule has 0 radical (unpaired) electrons. The summed E-state index contributed by atoms with van der Waals surface area (Å²) in [5, 5.41) is 11.3. The van der Waals surface area contributed by atoms with Gasteiger partial charge in [-0.05, 0) is 192 Å². The molecule has 4 heterocycles. The van der Waals surface area contributed by atoms with Crippen LogP contribution < -0.4 is 11.1 Å². The molecule has 8 rings (SSSR count). The van der Waals surface area contributed by atoms with Gasteiger partial charge in [0.15, 0.2) is 0 Å². The predicted molar refractivity (Wildman–Crippen MR) is 305 cm³/mol. The summed E-state index contributed by atoms with van der Waals surface area (Å²) in [6.07, 6.45) is 4.05. The molecule has 3 N–H and O–H groups in total. The van der Waals surface area contributed by atoms with Gasteiger partial charge in [-0.3, -0.25) is 29.0 Å². The zero-order chi connectivity index (χ0) is 52.3. The highest BCUT2D eigenvalue weighted by Crippen LogP contribution is 2.36. The number of thiophene rings is 2. The molecule has 0 saturated carbocycles. The molecular weight excluding hydrogens is 968 g/mol. The molecule has 0 unspecified atom stereocenters. The molecule has 0 aliphatic carbocycles. The van der Waals surface area contributed by atoms with E-state index < -0.39 is 0 Å². The standard InChI is InChI=1S/C30H35N3O2S.C28H33N3OS.C2H3ClO/c1-4-33(5-2)30(35)26-11-9-24(10-12-26)29(27-7-6-8-28(19-27)31-22(3)34)25-13-16-32(17-14-25)20-23-15-18-36-21-23;1-3-31(4-2)28(32)24-10-8-22(9-11-24)27(25-6-5-7-26(29)18-25)23-12-15-30(16-13-23)19-21-14-17-33-20-21;1-2(3)4/h6-12,15,18-19,21H,4-5,13-14,16-17,20H2,1-3H3,(H,31,34);5-11,14,17-18,20H,3-4,12-13,15-16,19,29H2,1-2H3;1H3. The fourth-order valence-corrected chi connectivity index (χ4v) is 10.8. The zero-order valence-electron chi connectivity index (χ0n) is 43.3. The zero-order valence-corrected chi connectivity index (χ0v) is 45.7. The van der Waals surface area contributed by atoms with Crippen molar-refractivity contribution in [1.82, 2.24) is 19.6 Å². The topological polar surface area (TPSA) is 119 Å². The maximum absolute atomic E-state index is 12.8. The summed E-state index contributed by atoms with van der Waals surface area (Å²) in [5.74, 6) is 0.0731. The lowest BCUT2D eigenvalue weighted by molar-refractivity contribution is -0.114. The van der Waals surface area contributed by atoms with Crippen molar-refractivity contribution in [2.75, 3.05) is 63.4 Å². The summed E-state index contributed by atoms with van der Waals surface area (Å²) in [5.41, 5.74) is 21.8. The second-order valence-electron chi connectivity index (χ2n) is 18.2. The van der Waals surface area contributed by atoms with Crippen LogP contribution in [0.2, 0.25) is 0 Å². The van der Waals surface area contributed by atoms with E-state index in [-0.39, 0.29) is 23.0 Å². The first kappa shape index (κ1) is 56.2. The number of likely N-dealkylation sites (tertiary alicyclic amines) is 2. The number of nitrogens with two attached hydrogens (primary N) is 1. The maximum atomic E-state index is 12.8. The number of hydrogen-bond acceptors (Lipinski definition) is 9. The number of benzene rings is 4. The third-order valence-corrected chi connectivity index (χ3v) is 14.7. The minimum absolute atomic E-state index is 0.0650. The van der Waals surface area contributed by atoms with E-state index in [4.69, 9.17) is 5.73 Å². The number of nitrogens with zero attached hydrogens (tertiary/aromatic N) is 4. The quantitative estimate of drug-likeness (QED) is 0.0776. The van der Waals surface area contributed by atoms with Crippen molar-refractivity contribution in [1.29, 1.82) is 0 Å². The lowest BCUT2D eigenvalue weighted by Gasteiger charge is -2.30. The maximum Gasteiger partial charge on any atom is 0.253 e. The lowest BCUT2D eigenvalue weighted by atomic mass is 9.87. The van der Waals surface area contributed by atoms with Crippen molar-refractivity contribution < 1.29 is 19.2 Å². The number of halogens is 1. The van der Waals surface area contributed by atoms with E-state index in [1.54, 1.807) is 22.7 Å². The Bertz CT molecular complexity index is 2770. The van der Waals surface area contributed by atoms with Gasteiger partial charge in [0, 0.05) is 102 Å². The molecule has 3 amide bonds. The van der Waals surface area contributed by atoms with E-state index in [1.165, 1.54) is 47.3 Å². The number of anilines is 2. The first-order valence-corrected chi connectivity index (χ1v) is 27.7. The van der Waals surface area contributed by atoms with Gasteiger partial charge in [-0.15, -0.1) is 0 Å². The van der Waals surface area contributed by atoms with Crippen LogP contribution in [-0.2, 0) is 22.7 Å².